The number of rotatable bonds is 6. The predicted molar refractivity (Wildman–Crippen MR) is 92.3 cm³/mol. The molecule has 6 nitrogen and oxygen atoms in total. The summed E-state index contributed by atoms with van der Waals surface area (Å²) in [6.45, 7) is 0.717. The number of furan rings is 1. The van der Waals surface area contributed by atoms with Gasteiger partial charge in [-0.05, 0) is 48.4 Å². The molecule has 3 aromatic rings. The lowest BCUT2D eigenvalue weighted by Gasteiger charge is -2.06. The minimum Gasteiger partial charge on any atom is -0.459 e. The van der Waals surface area contributed by atoms with Crippen LogP contribution in [0.15, 0.2) is 59.2 Å². The van der Waals surface area contributed by atoms with E-state index >= 15 is 0 Å². The van der Waals surface area contributed by atoms with Crippen LogP contribution in [0.2, 0.25) is 5.02 Å². The van der Waals surface area contributed by atoms with Crippen LogP contribution in [0.25, 0.3) is 0 Å². The average molecular weight is 343 g/mol. The van der Waals surface area contributed by atoms with Crippen molar-refractivity contribution >= 4 is 29.1 Å². The lowest BCUT2D eigenvalue weighted by atomic mass is 10.1. The molecule has 0 saturated heterocycles. The molecule has 0 aliphatic heterocycles. The Morgan fingerprint density at radius 1 is 1.04 bits per heavy atom. The van der Waals surface area contributed by atoms with E-state index in [1.807, 2.05) is 24.3 Å². The molecule has 0 aliphatic carbocycles. The summed E-state index contributed by atoms with van der Waals surface area (Å²) in [6.07, 6.45) is 2.28. The number of nitrogens with one attached hydrogen (secondary N) is 2. The van der Waals surface area contributed by atoms with Crippen LogP contribution in [0.4, 0.5) is 11.6 Å². The first-order valence-electron chi connectivity index (χ1n) is 7.37. The topological polar surface area (TPSA) is 80.0 Å². The smallest absolute Gasteiger partial charge is 0.292 e. The molecular formula is C17H15ClN4O2. The first-order chi connectivity index (χ1) is 11.7. The first kappa shape index (κ1) is 16.0. The van der Waals surface area contributed by atoms with Crippen molar-refractivity contribution in [1.82, 2.24) is 10.2 Å². The molecule has 0 bridgehead atoms. The summed E-state index contributed by atoms with van der Waals surface area (Å²) in [4.78, 5) is 11.8. The SMILES string of the molecule is O=C(Nc1ccc(NCCc2ccc(Cl)cc2)nn1)c1ccco1. The van der Waals surface area contributed by atoms with Gasteiger partial charge in [0.1, 0.15) is 5.82 Å². The summed E-state index contributed by atoms with van der Waals surface area (Å²) in [5.41, 5.74) is 1.18. The normalized spacial score (nSPS) is 10.4. The molecule has 0 spiro atoms. The monoisotopic (exact) mass is 342 g/mol. The van der Waals surface area contributed by atoms with Gasteiger partial charge < -0.3 is 15.1 Å². The predicted octanol–water partition coefficient (Wildman–Crippen LogP) is 3.63. The largest absolute Gasteiger partial charge is 0.459 e. The highest BCUT2D eigenvalue weighted by atomic mass is 35.5. The van der Waals surface area contributed by atoms with E-state index < -0.39 is 0 Å². The van der Waals surface area contributed by atoms with Gasteiger partial charge in [0, 0.05) is 11.6 Å². The molecule has 0 aliphatic rings. The second-order valence-corrected chi connectivity index (χ2v) is 5.47. The van der Waals surface area contributed by atoms with Crippen molar-refractivity contribution in [1.29, 1.82) is 0 Å². The van der Waals surface area contributed by atoms with Crippen molar-refractivity contribution in [2.75, 3.05) is 17.2 Å². The van der Waals surface area contributed by atoms with Gasteiger partial charge in [0.25, 0.3) is 5.91 Å². The maximum absolute atomic E-state index is 11.8. The number of hydrogen-bond acceptors (Lipinski definition) is 5. The zero-order valence-corrected chi connectivity index (χ0v) is 13.5. The van der Waals surface area contributed by atoms with E-state index in [-0.39, 0.29) is 11.7 Å². The van der Waals surface area contributed by atoms with Gasteiger partial charge in [-0.25, -0.2) is 0 Å². The molecule has 1 aromatic carbocycles. The highest BCUT2D eigenvalue weighted by Crippen LogP contribution is 2.11. The number of anilines is 2. The number of carbonyl (C=O) groups is 1. The highest BCUT2D eigenvalue weighted by molar-refractivity contribution is 6.30. The molecule has 24 heavy (non-hydrogen) atoms. The summed E-state index contributed by atoms with van der Waals surface area (Å²) in [5, 5.41) is 14.5. The highest BCUT2D eigenvalue weighted by Gasteiger charge is 2.09. The van der Waals surface area contributed by atoms with Crippen LogP contribution >= 0.6 is 11.6 Å². The molecule has 0 fully saturated rings. The van der Waals surface area contributed by atoms with Crippen LogP contribution in [-0.2, 0) is 6.42 Å². The fraction of sp³-hybridized carbons (Fsp3) is 0.118. The maximum atomic E-state index is 11.8. The molecular weight excluding hydrogens is 328 g/mol. The molecule has 0 atom stereocenters. The summed E-state index contributed by atoms with van der Waals surface area (Å²) in [5.74, 6) is 0.860. The van der Waals surface area contributed by atoms with Crippen LogP contribution in [0.1, 0.15) is 16.1 Å². The molecule has 3 rings (SSSR count). The minimum atomic E-state index is -0.363. The number of carbonyl (C=O) groups excluding carboxylic acids is 1. The summed E-state index contributed by atoms with van der Waals surface area (Å²) >= 11 is 5.86. The zero-order valence-electron chi connectivity index (χ0n) is 12.7. The molecule has 0 radical (unpaired) electrons. The van der Waals surface area contributed by atoms with E-state index in [1.54, 1.807) is 24.3 Å². The Kier molecular flexibility index (Phi) is 5.08. The standard InChI is InChI=1S/C17H15ClN4O2/c18-13-5-3-12(4-6-13)9-10-19-15-7-8-16(22-21-15)20-17(23)14-2-1-11-24-14/h1-8,11H,9-10H2,(H,19,21)(H,20,22,23). The van der Waals surface area contributed by atoms with Crippen LogP contribution in [0, 0.1) is 0 Å². The van der Waals surface area contributed by atoms with E-state index in [4.69, 9.17) is 16.0 Å². The van der Waals surface area contributed by atoms with Crippen molar-refractivity contribution in [3.63, 3.8) is 0 Å². The fourth-order valence-electron chi connectivity index (χ4n) is 2.06. The van der Waals surface area contributed by atoms with Gasteiger partial charge >= 0.3 is 0 Å². The molecule has 0 unspecified atom stereocenters. The first-order valence-corrected chi connectivity index (χ1v) is 7.75. The Morgan fingerprint density at radius 3 is 2.46 bits per heavy atom. The Hall–Kier alpha value is -2.86. The van der Waals surface area contributed by atoms with Gasteiger partial charge in [-0.15, -0.1) is 10.2 Å². The lowest BCUT2D eigenvalue weighted by molar-refractivity contribution is 0.0996. The van der Waals surface area contributed by atoms with Gasteiger partial charge in [0.15, 0.2) is 11.6 Å². The van der Waals surface area contributed by atoms with Crippen molar-refractivity contribution < 1.29 is 9.21 Å². The molecule has 2 N–H and O–H groups in total. The van der Waals surface area contributed by atoms with Gasteiger partial charge in [-0.2, -0.15) is 0 Å². The second-order valence-electron chi connectivity index (χ2n) is 5.04. The molecule has 122 valence electrons. The van der Waals surface area contributed by atoms with Crippen molar-refractivity contribution in [3.05, 3.63) is 71.1 Å². The van der Waals surface area contributed by atoms with E-state index in [0.29, 0.717) is 18.2 Å². The number of hydrogen-bond donors (Lipinski definition) is 2. The summed E-state index contributed by atoms with van der Waals surface area (Å²) < 4.78 is 5.01. The van der Waals surface area contributed by atoms with Gasteiger partial charge in [0.05, 0.1) is 6.26 Å². The lowest BCUT2D eigenvalue weighted by Crippen LogP contribution is -2.13. The molecule has 7 heteroatoms. The number of benzene rings is 1. The summed E-state index contributed by atoms with van der Waals surface area (Å²) in [6, 6.07) is 14.4. The number of halogens is 1. The molecule has 2 aromatic heterocycles. The van der Waals surface area contributed by atoms with Crippen LogP contribution in [0.3, 0.4) is 0 Å². The molecule has 2 heterocycles. The number of nitrogens with zero attached hydrogens (tertiary/aromatic N) is 2. The molecule has 1 amide bonds. The quantitative estimate of drug-likeness (QED) is 0.715. The Labute approximate surface area is 143 Å². The maximum Gasteiger partial charge on any atom is 0.292 e. The Morgan fingerprint density at radius 2 is 1.79 bits per heavy atom. The zero-order chi connectivity index (χ0) is 16.8. The van der Waals surface area contributed by atoms with Gasteiger partial charge in [-0.1, -0.05) is 23.7 Å². The van der Waals surface area contributed by atoms with Gasteiger partial charge in [0.2, 0.25) is 0 Å². The second kappa shape index (κ2) is 7.61. The third-order valence-electron chi connectivity index (χ3n) is 3.28. The van der Waals surface area contributed by atoms with E-state index in [2.05, 4.69) is 20.8 Å². The summed E-state index contributed by atoms with van der Waals surface area (Å²) in [7, 11) is 0. The van der Waals surface area contributed by atoms with Crippen LogP contribution in [-0.4, -0.2) is 22.6 Å². The van der Waals surface area contributed by atoms with E-state index in [0.717, 1.165) is 11.4 Å². The molecule has 0 saturated carbocycles. The minimum absolute atomic E-state index is 0.224. The van der Waals surface area contributed by atoms with Crippen molar-refractivity contribution in [2.45, 2.75) is 6.42 Å². The van der Waals surface area contributed by atoms with Crippen molar-refractivity contribution in [2.24, 2.45) is 0 Å². The van der Waals surface area contributed by atoms with E-state index in [1.165, 1.54) is 11.8 Å². The third-order valence-corrected chi connectivity index (χ3v) is 3.54. The fourth-order valence-corrected chi connectivity index (χ4v) is 2.19. The number of aromatic nitrogens is 2. The third kappa shape index (κ3) is 4.33. The van der Waals surface area contributed by atoms with Crippen LogP contribution < -0.4 is 10.6 Å². The Bertz CT molecular complexity index is 786. The van der Waals surface area contributed by atoms with Crippen molar-refractivity contribution in [3.8, 4) is 0 Å². The van der Waals surface area contributed by atoms with Gasteiger partial charge in [-0.3, -0.25) is 4.79 Å². The number of amides is 1. The van der Waals surface area contributed by atoms with E-state index in [9.17, 15) is 4.79 Å². The average Bonchev–Trinajstić information content (AvgIpc) is 3.13. The van der Waals surface area contributed by atoms with Crippen LogP contribution in [0.5, 0.6) is 0 Å². The Balaban J connectivity index is 1.49.